The molecule has 3 aliphatic heterocycles. The number of thioether (sulfide) groups is 1. The van der Waals surface area contributed by atoms with Gasteiger partial charge in [-0.15, -0.1) is 11.8 Å². The molecule has 2 saturated heterocycles. The first-order valence-electron chi connectivity index (χ1n) is 14.3. The van der Waals surface area contributed by atoms with Gasteiger partial charge < -0.3 is 20.3 Å². The van der Waals surface area contributed by atoms with E-state index < -0.39 is 29.6 Å². The molecular weight excluding hydrogens is 522 g/mol. The third-order valence-electron chi connectivity index (χ3n) is 9.49. The number of nitrogens with zero attached hydrogens (tertiary/aromatic N) is 1. The molecule has 2 bridgehead atoms. The molecule has 1 saturated carbocycles. The van der Waals surface area contributed by atoms with Gasteiger partial charge in [-0.2, -0.15) is 0 Å². The fraction of sp³-hybridized carbons (Fsp3) is 0.469. The number of amides is 3. The molecule has 3 fully saturated rings. The van der Waals surface area contributed by atoms with Gasteiger partial charge in [0.15, 0.2) is 0 Å². The first-order chi connectivity index (χ1) is 19.3. The molecule has 1 spiro atoms. The zero-order chi connectivity index (χ0) is 28.0. The highest BCUT2D eigenvalue weighted by Gasteiger charge is 2.72. The molecule has 4 aliphatic rings. The number of carbonyl (C=O) groups excluding carboxylic acids is 3. The number of nitrogens with one attached hydrogen (secondary N) is 2. The van der Waals surface area contributed by atoms with Gasteiger partial charge in [0, 0.05) is 23.2 Å². The van der Waals surface area contributed by atoms with Crippen LogP contribution in [-0.2, 0) is 25.7 Å². The Labute approximate surface area is 240 Å². The minimum atomic E-state index is -1.17. The molecule has 3 heterocycles. The van der Waals surface area contributed by atoms with Gasteiger partial charge in [0.1, 0.15) is 11.6 Å². The van der Waals surface area contributed by atoms with Crippen LogP contribution >= 0.6 is 11.8 Å². The third-order valence-corrected chi connectivity index (χ3v) is 10.2. The summed E-state index contributed by atoms with van der Waals surface area (Å²) in [5.74, 6) is -1.29. The number of rotatable bonds is 7. The van der Waals surface area contributed by atoms with E-state index in [-0.39, 0.29) is 30.3 Å². The summed E-state index contributed by atoms with van der Waals surface area (Å²) in [6.07, 6.45) is 8.32. The summed E-state index contributed by atoms with van der Waals surface area (Å²) in [7, 11) is 0. The van der Waals surface area contributed by atoms with Crippen molar-refractivity contribution in [2.45, 2.75) is 68.3 Å². The van der Waals surface area contributed by atoms with Gasteiger partial charge in [-0.05, 0) is 48.3 Å². The van der Waals surface area contributed by atoms with Crippen LogP contribution in [0.1, 0.15) is 38.7 Å². The average molecular weight is 560 g/mol. The summed E-state index contributed by atoms with van der Waals surface area (Å²) in [6.45, 7) is 4.71. The lowest BCUT2D eigenvalue weighted by Crippen LogP contribution is -2.57. The fourth-order valence-electron chi connectivity index (χ4n) is 7.19. The number of hydrogen-bond donors (Lipinski definition) is 2. The Bertz CT molecular complexity index is 1330. The monoisotopic (exact) mass is 559 g/mol. The maximum atomic E-state index is 14.2. The van der Waals surface area contributed by atoms with Gasteiger partial charge in [0.05, 0.1) is 17.9 Å². The van der Waals surface area contributed by atoms with E-state index in [0.717, 1.165) is 29.7 Å². The molecule has 1 aliphatic carbocycles. The lowest BCUT2D eigenvalue weighted by molar-refractivity contribution is -0.142. The number of benzene rings is 2. The van der Waals surface area contributed by atoms with Crippen LogP contribution in [0, 0.1) is 23.7 Å². The first-order valence-corrected chi connectivity index (χ1v) is 15.5. The highest BCUT2D eigenvalue weighted by molar-refractivity contribution is 7.98. The maximum absolute atomic E-state index is 14.2. The third kappa shape index (κ3) is 4.55. The van der Waals surface area contributed by atoms with E-state index in [1.54, 1.807) is 16.7 Å². The minimum absolute atomic E-state index is 0.0470. The van der Waals surface area contributed by atoms with Crippen LogP contribution in [0.5, 0.6) is 0 Å². The zero-order valence-corrected chi connectivity index (χ0v) is 24.0. The van der Waals surface area contributed by atoms with E-state index in [0.29, 0.717) is 17.5 Å². The predicted octanol–water partition coefficient (Wildman–Crippen LogP) is 4.64. The van der Waals surface area contributed by atoms with Crippen LogP contribution < -0.4 is 10.6 Å². The lowest BCUT2D eigenvalue weighted by Gasteiger charge is -2.38. The van der Waals surface area contributed by atoms with Crippen LogP contribution in [0.3, 0.4) is 0 Å². The molecule has 210 valence electrons. The van der Waals surface area contributed by atoms with Gasteiger partial charge in [-0.25, -0.2) is 0 Å². The molecular formula is C32H37N3O4S. The Hall–Kier alpha value is -3.10. The van der Waals surface area contributed by atoms with E-state index in [9.17, 15) is 14.4 Å². The van der Waals surface area contributed by atoms with E-state index in [1.807, 2.05) is 73.0 Å². The summed E-state index contributed by atoms with van der Waals surface area (Å²) in [5.41, 5.74) is 0.435. The van der Waals surface area contributed by atoms with Crippen molar-refractivity contribution in [3.05, 3.63) is 72.3 Å². The van der Waals surface area contributed by atoms with Crippen LogP contribution in [0.4, 0.5) is 5.69 Å². The standard InChI is InChI=1S/C32H37N3O4S/c1-19-9-7-14-24(20(19)2)34-30(37)28-32-16-15-25(39-32)26(29(36)33-22-12-8-13-23(17-22)40-3)27(32)31(38)35(28)18-21-10-5-4-6-11-21/h4-6,8,10-13,15-17,19-20,24-28H,7,9,14,18H2,1-3H3,(H,33,36)(H,34,37). The van der Waals surface area contributed by atoms with Gasteiger partial charge in [-0.1, -0.05) is 75.2 Å². The molecule has 40 heavy (non-hydrogen) atoms. The topological polar surface area (TPSA) is 87.7 Å². The van der Waals surface area contributed by atoms with E-state index >= 15 is 0 Å². The van der Waals surface area contributed by atoms with Crippen LogP contribution in [0.15, 0.2) is 71.6 Å². The van der Waals surface area contributed by atoms with Crippen LogP contribution in [0.25, 0.3) is 0 Å². The molecule has 7 nitrogen and oxygen atoms in total. The predicted molar refractivity (Wildman–Crippen MR) is 155 cm³/mol. The Kier molecular flexibility index (Phi) is 7.25. The minimum Gasteiger partial charge on any atom is -0.359 e. The molecule has 3 amide bonds. The smallest absolute Gasteiger partial charge is 0.246 e. The van der Waals surface area contributed by atoms with Crippen molar-refractivity contribution in [2.24, 2.45) is 23.7 Å². The summed E-state index contributed by atoms with van der Waals surface area (Å²) >= 11 is 1.60. The largest absolute Gasteiger partial charge is 0.359 e. The van der Waals surface area contributed by atoms with Gasteiger partial charge in [0.2, 0.25) is 17.7 Å². The summed E-state index contributed by atoms with van der Waals surface area (Å²) < 4.78 is 6.51. The molecule has 0 radical (unpaired) electrons. The summed E-state index contributed by atoms with van der Waals surface area (Å²) in [6, 6.07) is 16.5. The maximum Gasteiger partial charge on any atom is 0.246 e. The van der Waals surface area contributed by atoms with Crippen molar-refractivity contribution >= 4 is 35.2 Å². The average Bonchev–Trinajstić information content (AvgIpc) is 3.59. The Morgan fingerprint density at radius 2 is 1.88 bits per heavy atom. The van der Waals surface area contributed by atoms with Crippen molar-refractivity contribution in [3.63, 3.8) is 0 Å². The number of anilines is 1. The second kappa shape index (κ2) is 10.7. The van der Waals surface area contributed by atoms with E-state index in [2.05, 4.69) is 24.5 Å². The molecule has 2 N–H and O–H groups in total. The second-order valence-corrected chi connectivity index (χ2v) is 12.6. The summed E-state index contributed by atoms with van der Waals surface area (Å²) in [4.78, 5) is 44.8. The van der Waals surface area contributed by atoms with Crippen molar-refractivity contribution in [3.8, 4) is 0 Å². The number of hydrogen-bond acceptors (Lipinski definition) is 5. The summed E-state index contributed by atoms with van der Waals surface area (Å²) in [5, 5.41) is 6.34. The molecule has 0 aromatic heterocycles. The fourth-order valence-corrected chi connectivity index (χ4v) is 7.65. The van der Waals surface area contributed by atoms with Crippen molar-refractivity contribution in [2.75, 3.05) is 11.6 Å². The highest BCUT2D eigenvalue weighted by Crippen LogP contribution is 2.55. The Morgan fingerprint density at radius 1 is 1.07 bits per heavy atom. The van der Waals surface area contributed by atoms with E-state index in [1.165, 1.54) is 0 Å². The van der Waals surface area contributed by atoms with Gasteiger partial charge in [-0.3, -0.25) is 14.4 Å². The van der Waals surface area contributed by atoms with Crippen molar-refractivity contribution in [1.82, 2.24) is 10.2 Å². The Morgan fingerprint density at radius 3 is 2.65 bits per heavy atom. The van der Waals surface area contributed by atoms with E-state index in [4.69, 9.17) is 4.74 Å². The van der Waals surface area contributed by atoms with Gasteiger partial charge >= 0.3 is 0 Å². The normalized spacial score (nSPS) is 34.1. The second-order valence-electron chi connectivity index (χ2n) is 11.8. The quantitative estimate of drug-likeness (QED) is 0.381. The number of fused-ring (bicyclic) bond motifs is 1. The number of likely N-dealkylation sites (tertiary alicyclic amines) is 1. The van der Waals surface area contributed by atoms with Crippen molar-refractivity contribution < 1.29 is 19.1 Å². The lowest BCUT2D eigenvalue weighted by atomic mass is 9.73. The highest BCUT2D eigenvalue weighted by atomic mass is 32.2. The number of carbonyl (C=O) groups is 3. The molecule has 8 unspecified atom stereocenters. The first kappa shape index (κ1) is 27.1. The SMILES string of the molecule is CSc1cccc(NC(=O)C2C3C=CC4(O3)C2C(=O)N(Cc2ccccc2)C4C(=O)NC2CCCC(C)C2C)c1. The Balaban J connectivity index is 1.32. The molecule has 2 aromatic rings. The van der Waals surface area contributed by atoms with Crippen LogP contribution in [0.2, 0.25) is 0 Å². The molecule has 8 heteroatoms. The molecule has 2 aromatic carbocycles. The molecule has 8 atom stereocenters. The van der Waals surface area contributed by atoms with Crippen molar-refractivity contribution in [1.29, 1.82) is 0 Å². The molecule has 6 rings (SSSR count). The number of ether oxygens (including phenoxy) is 1. The van der Waals surface area contributed by atoms with Crippen LogP contribution in [-0.4, -0.2) is 52.7 Å². The zero-order valence-electron chi connectivity index (χ0n) is 23.2. The van der Waals surface area contributed by atoms with Gasteiger partial charge in [0.25, 0.3) is 0 Å².